The summed E-state index contributed by atoms with van der Waals surface area (Å²) >= 11 is 0.785. The van der Waals surface area contributed by atoms with Gasteiger partial charge in [0.2, 0.25) is 5.91 Å². The largest absolute Gasteiger partial charge is 0.325 e. The van der Waals surface area contributed by atoms with Crippen LogP contribution in [-0.4, -0.2) is 28.5 Å². The smallest absolute Gasteiger partial charge is 0.294 e. The zero-order valence-corrected chi connectivity index (χ0v) is 14.9. The number of carbonyl (C=O) groups excluding carboxylic acids is 3. The van der Waals surface area contributed by atoms with Gasteiger partial charge in [-0.15, -0.1) is 0 Å². The van der Waals surface area contributed by atoms with E-state index in [1.165, 1.54) is 24.3 Å². The molecule has 0 atom stereocenters. The molecule has 3 amide bonds. The maximum absolute atomic E-state index is 12.9. The number of imide groups is 1. The van der Waals surface area contributed by atoms with Gasteiger partial charge in [0.05, 0.1) is 4.91 Å². The fourth-order valence-electron chi connectivity index (χ4n) is 2.34. The van der Waals surface area contributed by atoms with Gasteiger partial charge in [-0.25, -0.2) is 4.39 Å². The monoisotopic (exact) mass is 382 g/mol. The molecule has 1 aliphatic heterocycles. The zero-order chi connectivity index (χ0) is 19.2. The summed E-state index contributed by atoms with van der Waals surface area (Å²) in [5.41, 5.74) is 1.35. The van der Waals surface area contributed by atoms with Crippen molar-refractivity contribution in [3.8, 4) is 0 Å². The average molecular weight is 382 g/mol. The maximum Gasteiger partial charge on any atom is 0.294 e. The molecule has 2 aromatic rings. The van der Waals surface area contributed by atoms with Crippen LogP contribution in [0.5, 0.6) is 0 Å². The summed E-state index contributed by atoms with van der Waals surface area (Å²) in [5, 5.41) is 2.02. The van der Waals surface area contributed by atoms with E-state index in [2.05, 4.69) is 5.32 Å². The van der Waals surface area contributed by atoms with Crippen LogP contribution < -0.4 is 5.32 Å². The molecule has 0 aromatic heterocycles. The van der Waals surface area contributed by atoms with Crippen molar-refractivity contribution in [1.29, 1.82) is 0 Å². The van der Waals surface area contributed by atoms with Gasteiger partial charge in [0.25, 0.3) is 11.1 Å². The second-order valence-electron chi connectivity index (χ2n) is 5.62. The van der Waals surface area contributed by atoms with Crippen LogP contribution in [0, 0.1) is 5.82 Å². The van der Waals surface area contributed by atoms with Crippen LogP contribution in [0.15, 0.2) is 71.7 Å². The predicted molar refractivity (Wildman–Crippen MR) is 103 cm³/mol. The Bertz CT molecular complexity index is 924. The lowest BCUT2D eigenvalue weighted by Crippen LogP contribution is -2.36. The van der Waals surface area contributed by atoms with E-state index in [4.69, 9.17) is 0 Å². The topological polar surface area (TPSA) is 66.5 Å². The minimum Gasteiger partial charge on any atom is -0.325 e. The quantitative estimate of drug-likeness (QED) is 0.792. The number of thioether (sulfide) groups is 1. The van der Waals surface area contributed by atoms with E-state index in [1.54, 1.807) is 12.2 Å². The average Bonchev–Trinajstić information content (AvgIpc) is 2.92. The zero-order valence-electron chi connectivity index (χ0n) is 14.1. The molecule has 1 heterocycles. The molecule has 0 aliphatic carbocycles. The first kappa shape index (κ1) is 18.6. The summed E-state index contributed by atoms with van der Waals surface area (Å²) in [4.78, 5) is 37.6. The molecule has 1 fully saturated rings. The highest BCUT2D eigenvalue weighted by Crippen LogP contribution is 2.30. The Hall–Kier alpha value is -3.19. The van der Waals surface area contributed by atoms with E-state index in [0.29, 0.717) is 5.69 Å². The van der Waals surface area contributed by atoms with E-state index in [1.807, 2.05) is 36.4 Å². The highest BCUT2D eigenvalue weighted by atomic mass is 32.2. The summed E-state index contributed by atoms with van der Waals surface area (Å²) < 4.78 is 12.9. The molecule has 0 radical (unpaired) electrons. The number of rotatable bonds is 5. The van der Waals surface area contributed by atoms with Gasteiger partial charge in [-0.2, -0.15) is 0 Å². The van der Waals surface area contributed by atoms with Gasteiger partial charge >= 0.3 is 0 Å². The van der Waals surface area contributed by atoms with E-state index in [-0.39, 0.29) is 4.91 Å². The van der Waals surface area contributed by atoms with Crippen LogP contribution in [0.1, 0.15) is 5.56 Å². The lowest BCUT2D eigenvalue weighted by atomic mass is 10.2. The van der Waals surface area contributed by atoms with Crippen molar-refractivity contribution >= 4 is 40.6 Å². The molecule has 1 aliphatic rings. The number of allylic oxidation sites excluding steroid dienone is 2. The number of anilines is 1. The van der Waals surface area contributed by atoms with Crippen molar-refractivity contribution in [2.24, 2.45) is 0 Å². The molecule has 1 saturated heterocycles. The molecule has 0 bridgehead atoms. The standard InChI is InChI=1S/C20H15FN2O3S/c21-15-9-11-16(12-10-15)22-18(24)13-23-19(25)17(27-20(23)26)8-4-7-14-5-2-1-3-6-14/h1-12H,13H2,(H,22,24). The summed E-state index contributed by atoms with van der Waals surface area (Å²) in [6.45, 7) is -0.401. The van der Waals surface area contributed by atoms with Crippen LogP contribution in [-0.2, 0) is 9.59 Å². The van der Waals surface area contributed by atoms with E-state index >= 15 is 0 Å². The van der Waals surface area contributed by atoms with E-state index < -0.39 is 29.4 Å². The van der Waals surface area contributed by atoms with E-state index in [9.17, 15) is 18.8 Å². The van der Waals surface area contributed by atoms with E-state index in [0.717, 1.165) is 22.2 Å². The molecule has 3 rings (SSSR count). The van der Waals surface area contributed by atoms with Crippen molar-refractivity contribution in [3.05, 3.63) is 83.0 Å². The van der Waals surface area contributed by atoms with Crippen LogP contribution in [0.2, 0.25) is 0 Å². The number of halogens is 1. The van der Waals surface area contributed by atoms with Crippen molar-refractivity contribution in [1.82, 2.24) is 4.90 Å². The lowest BCUT2D eigenvalue weighted by Gasteiger charge is -2.12. The Balaban J connectivity index is 1.61. The van der Waals surface area contributed by atoms with Crippen molar-refractivity contribution < 1.29 is 18.8 Å². The summed E-state index contributed by atoms with van der Waals surface area (Å²) in [6.07, 6.45) is 5.05. The number of hydrogen-bond donors (Lipinski definition) is 1. The molecule has 7 heteroatoms. The second kappa shape index (κ2) is 8.46. The van der Waals surface area contributed by atoms with Crippen LogP contribution >= 0.6 is 11.8 Å². The number of amides is 3. The molecule has 0 unspecified atom stereocenters. The summed E-state index contributed by atoms with van der Waals surface area (Å²) in [7, 11) is 0. The van der Waals surface area contributed by atoms with Crippen LogP contribution in [0.4, 0.5) is 14.9 Å². The predicted octanol–water partition coefficient (Wildman–Crippen LogP) is 4.06. The molecule has 0 spiro atoms. The highest BCUT2D eigenvalue weighted by Gasteiger charge is 2.35. The van der Waals surface area contributed by atoms with Gasteiger partial charge < -0.3 is 5.32 Å². The van der Waals surface area contributed by atoms with Gasteiger partial charge in [0.1, 0.15) is 12.4 Å². The fraction of sp³-hybridized carbons (Fsp3) is 0.0500. The number of benzene rings is 2. The van der Waals surface area contributed by atoms with Crippen molar-refractivity contribution in [3.63, 3.8) is 0 Å². The minimum atomic E-state index is -0.537. The maximum atomic E-state index is 12.9. The third kappa shape index (κ3) is 4.92. The van der Waals surface area contributed by atoms with Crippen molar-refractivity contribution in [2.75, 3.05) is 11.9 Å². The third-order valence-electron chi connectivity index (χ3n) is 3.64. The highest BCUT2D eigenvalue weighted by molar-refractivity contribution is 8.18. The molecule has 5 nitrogen and oxygen atoms in total. The molecular formula is C20H15FN2O3S. The van der Waals surface area contributed by atoms with Gasteiger partial charge in [0.15, 0.2) is 0 Å². The molecule has 0 saturated carbocycles. The number of nitrogens with zero attached hydrogens (tertiary/aromatic N) is 1. The number of nitrogens with one attached hydrogen (secondary N) is 1. The SMILES string of the molecule is O=C(CN1C(=O)SC(=CC=Cc2ccccc2)C1=O)Nc1ccc(F)cc1. The molecule has 2 aromatic carbocycles. The van der Waals surface area contributed by atoms with Gasteiger partial charge in [-0.3, -0.25) is 19.3 Å². The van der Waals surface area contributed by atoms with Gasteiger partial charge in [-0.05, 0) is 47.7 Å². The minimum absolute atomic E-state index is 0.252. The number of carbonyl (C=O) groups is 3. The third-order valence-corrected chi connectivity index (χ3v) is 4.56. The first-order chi connectivity index (χ1) is 13.0. The molecule has 1 N–H and O–H groups in total. The Morgan fingerprint density at radius 2 is 1.78 bits per heavy atom. The lowest BCUT2D eigenvalue weighted by molar-refractivity contribution is -0.127. The Morgan fingerprint density at radius 3 is 2.48 bits per heavy atom. The van der Waals surface area contributed by atoms with Gasteiger partial charge in [0, 0.05) is 5.69 Å². The van der Waals surface area contributed by atoms with Crippen molar-refractivity contribution in [2.45, 2.75) is 0 Å². The Morgan fingerprint density at radius 1 is 1.07 bits per heavy atom. The first-order valence-electron chi connectivity index (χ1n) is 8.05. The summed E-state index contributed by atoms with van der Waals surface area (Å²) in [6, 6.07) is 14.7. The molecular weight excluding hydrogens is 367 g/mol. The van der Waals surface area contributed by atoms with Crippen LogP contribution in [0.3, 0.4) is 0 Å². The second-order valence-corrected chi connectivity index (χ2v) is 6.61. The fourth-order valence-corrected chi connectivity index (χ4v) is 3.13. The Labute approximate surface area is 159 Å². The normalized spacial score (nSPS) is 15.7. The molecule has 27 heavy (non-hydrogen) atoms. The molecule has 136 valence electrons. The summed E-state index contributed by atoms with van der Waals surface area (Å²) in [5.74, 6) is -1.48. The number of hydrogen-bond acceptors (Lipinski definition) is 4. The van der Waals surface area contributed by atoms with Crippen LogP contribution in [0.25, 0.3) is 6.08 Å². The van der Waals surface area contributed by atoms with Gasteiger partial charge in [-0.1, -0.05) is 42.5 Å². The Kier molecular flexibility index (Phi) is 5.83. The first-order valence-corrected chi connectivity index (χ1v) is 8.87.